The SMILES string of the molecule is C[Si](C)(C)C[C@H](N=[N+]=[N-])C(=O)O. The first kappa shape index (κ1) is 11.0. The van der Waals surface area contributed by atoms with Crippen LogP contribution in [0.4, 0.5) is 0 Å². The van der Waals surface area contributed by atoms with Gasteiger partial charge < -0.3 is 5.11 Å². The molecule has 6 heteroatoms. The number of carboxylic acids is 1. The van der Waals surface area contributed by atoms with Crippen molar-refractivity contribution in [1.29, 1.82) is 0 Å². The van der Waals surface area contributed by atoms with Crippen molar-refractivity contribution >= 4 is 14.0 Å². The molecule has 0 aliphatic heterocycles. The minimum Gasteiger partial charge on any atom is -0.481 e. The molecular formula is C6H13N3O2Si. The summed E-state index contributed by atoms with van der Waals surface area (Å²) in [6, 6.07) is -0.395. The largest absolute Gasteiger partial charge is 0.481 e. The Morgan fingerprint density at radius 3 is 2.42 bits per heavy atom. The molecule has 0 heterocycles. The molecule has 68 valence electrons. The van der Waals surface area contributed by atoms with E-state index in [0.717, 1.165) is 0 Å². The lowest BCUT2D eigenvalue weighted by Crippen LogP contribution is -2.30. The summed E-state index contributed by atoms with van der Waals surface area (Å²) in [7, 11) is -1.47. The molecule has 0 fully saturated rings. The van der Waals surface area contributed by atoms with Gasteiger partial charge >= 0.3 is 5.97 Å². The summed E-state index contributed by atoms with van der Waals surface area (Å²) in [5.74, 6) is -1.03. The van der Waals surface area contributed by atoms with Crippen molar-refractivity contribution in [2.75, 3.05) is 0 Å². The van der Waals surface area contributed by atoms with Crippen LogP contribution in [0.25, 0.3) is 10.4 Å². The highest BCUT2D eigenvalue weighted by Gasteiger charge is 2.24. The minimum atomic E-state index is -1.47. The third-order valence-corrected chi connectivity index (χ3v) is 2.89. The summed E-state index contributed by atoms with van der Waals surface area (Å²) in [4.78, 5) is 13.0. The number of nitrogens with zero attached hydrogens (tertiary/aromatic N) is 3. The van der Waals surface area contributed by atoms with Crippen molar-refractivity contribution in [3.8, 4) is 0 Å². The van der Waals surface area contributed by atoms with Gasteiger partial charge in [-0.3, -0.25) is 4.79 Å². The van der Waals surface area contributed by atoms with E-state index in [2.05, 4.69) is 10.0 Å². The van der Waals surface area contributed by atoms with Crippen LogP contribution in [0, 0.1) is 0 Å². The minimum absolute atomic E-state index is 0.492. The summed E-state index contributed by atoms with van der Waals surface area (Å²) in [6.45, 7) is 6.11. The zero-order chi connectivity index (χ0) is 9.78. The number of aliphatic carboxylic acids is 1. The first-order valence-electron chi connectivity index (χ1n) is 3.64. The highest BCUT2D eigenvalue weighted by Crippen LogP contribution is 2.14. The Bertz CT molecular complexity index is 215. The maximum Gasteiger partial charge on any atom is 0.312 e. The predicted octanol–water partition coefficient (Wildman–Crippen LogP) is 2.09. The van der Waals surface area contributed by atoms with E-state index in [4.69, 9.17) is 10.6 Å². The Balaban J connectivity index is 4.34. The smallest absolute Gasteiger partial charge is 0.312 e. The molecule has 0 unspecified atom stereocenters. The number of carboxylic acid groups (broad SMARTS) is 1. The van der Waals surface area contributed by atoms with Crippen LogP contribution in [0.5, 0.6) is 0 Å². The molecule has 12 heavy (non-hydrogen) atoms. The van der Waals surface area contributed by atoms with Crippen LogP contribution < -0.4 is 0 Å². The zero-order valence-corrected chi connectivity index (χ0v) is 8.48. The van der Waals surface area contributed by atoms with Gasteiger partial charge in [-0.2, -0.15) is 0 Å². The van der Waals surface area contributed by atoms with Gasteiger partial charge in [0.05, 0.1) is 0 Å². The summed E-state index contributed by atoms with van der Waals surface area (Å²) < 4.78 is 0. The van der Waals surface area contributed by atoms with Crippen LogP contribution in [0.2, 0.25) is 25.7 Å². The lowest BCUT2D eigenvalue weighted by molar-refractivity contribution is -0.138. The first-order chi connectivity index (χ1) is 5.37. The Morgan fingerprint density at radius 2 is 2.17 bits per heavy atom. The van der Waals surface area contributed by atoms with Gasteiger partial charge in [-0.15, -0.1) is 0 Å². The van der Waals surface area contributed by atoms with E-state index >= 15 is 0 Å². The molecule has 0 aliphatic rings. The summed E-state index contributed by atoms with van der Waals surface area (Å²) in [5.41, 5.74) is 8.09. The molecule has 0 saturated heterocycles. The van der Waals surface area contributed by atoms with Crippen molar-refractivity contribution in [1.82, 2.24) is 0 Å². The monoisotopic (exact) mass is 187 g/mol. The van der Waals surface area contributed by atoms with Gasteiger partial charge in [0.1, 0.15) is 6.04 Å². The lowest BCUT2D eigenvalue weighted by Gasteiger charge is -2.17. The molecule has 1 atom stereocenters. The van der Waals surface area contributed by atoms with Crippen molar-refractivity contribution in [3.63, 3.8) is 0 Å². The van der Waals surface area contributed by atoms with E-state index in [1.165, 1.54) is 0 Å². The van der Waals surface area contributed by atoms with Crippen LogP contribution in [-0.4, -0.2) is 25.2 Å². The average molecular weight is 187 g/mol. The van der Waals surface area contributed by atoms with Crippen LogP contribution in [-0.2, 0) is 4.79 Å². The maximum absolute atomic E-state index is 10.5. The molecule has 0 bridgehead atoms. The van der Waals surface area contributed by atoms with Crippen molar-refractivity contribution in [3.05, 3.63) is 10.4 Å². The van der Waals surface area contributed by atoms with E-state index in [9.17, 15) is 4.79 Å². The molecule has 5 nitrogen and oxygen atoms in total. The van der Waals surface area contributed by atoms with E-state index < -0.39 is 20.1 Å². The highest BCUT2D eigenvalue weighted by molar-refractivity contribution is 6.76. The van der Waals surface area contributed by atoms with E-state index in [-0.39, 0.29) is 0 Å². The Hall–Kier alpha value is -1.00. The number of hydrogen-bond acceptors (Lipinski definition) is 2. The lowest BCUT2D eigenvalue weighted by atomic mass is 10.4. The average Bonchev–Trinajstić information content (AvgIpc) is 1.83. The molecule has 0 aromatic carbocycles. The molecule has 0 aromatic rings. The number of carbonyl (C=O) groups is 1. The van der Waals surface area contributed by atoms with E-state index in [0.29, 0.717) is 6.04 Å². The summed E-state index contributed by atoms with van der Waals surface area (Å²) >= 11 is 0. The Morgan fingerprint density at radius 1 is 1.67 bits per heavy atom. The van der Waals surface area contributed by atoms with Gasteiger partial charge in [0.2, 0.25) is 0 Å². The molecule has 0 saturated carbocycles. The molecule has 0 spiro atoms. The third kappa shape index (κ3) is 4.76. The molecule has 0 amide bonds. The van der Waals surface area contributed by atoms with Gasteiger partial charge in [-0.1, -0.05) is 24.8 Å². The third-order valence-electron chi connectivity index (χ3n) is 1.28. The second-order valence-electron chi connectivity index (χ2n) is 3.82. The quantitative estimate of drug-likeness (QED) is 0.316. The Labute approximate surface area is 72.0 Å². The fraction of sp³-hybridized carbons (Fsp3) is 0.833. The number of rotatable bonds is 4. The summed E-state index contributed by atoms with van der Waals surface area (Å²) in [5, 5.41) is 11.8. The van der Waals surface area contributed by atoms with Gasteiger partial charge in [0.15, 0.2) is 0 Å². The van der Waals surface area contributed by atoms with Crippen LogP contribution in [0.1, 0.15) is 0 Å². The second-order valence-corrected chi connectivity index (χ2v) is 9.35. The van der Waals surface area contributed by atoms with Crippen LogP contribution >= 0.6 is 0 Å². The molecule has 0 aliphatic carbocycles. The van der Waals surface area contributed by atoms with Gasteiger partial charge in [-0.25, -0.2) is 0 Å². The number of hydrogen-bond donors (Lipinski definition) is 1. The fourth-order valence-electron chi connectivity index (χ4n) is 0.820. The predicted molar refractivity (Wildman–Crippen MR) is 48.7 cm³/mol. The van der Waals surface area contributed by atoms with Gasteiger partial charge in [0.25, 0.3) is 0 Å². The fourth-order valence-corrected chi connectivity index (χ4v) is 2.24. The van der Waals surface area contributed by atoms with Crippen LogP contribution in [0.15, 0.2) is 5.11 Å². The van der Waals surface area contributed by atoms with E-state index in [1.807, 2.05) is 19.6 Å². The van der Waals surface area contributed by atoms with Gasteiger partial charge in [0, 0.05) is 13.0 Å². The van der Waals surface area contributed by atoms with Crippen molar-refractivity contribution in [2.45, 2.75) is 31.7 Å². The zero-order valence-electron chi connectivity index (χ0n) is 7.48. The Kier molecular flexibility index (Phi) is 3.79. The summed E-state index contributed by atoms with van der Waals surface area (Å²) in [6.07, 6.45) is 0. The second kappa shape index (κ2) is 4.13. The van der Waals surface area contributed by atoms with Crippen molar-refractivity contribution in [2.24, 2.45) is 5.11 Å². The number of azide groups is 1. The van der Waals surface area contributed by atoms with Crippen molar-refractivity contribution < 1.29 is 9.90 Å². The van der Waals surface area contributed by atoms with E-state index in [1.54, 1.807) is 0 Å². The highest BCUT2D eigenvalue weighted by atomic mass is 28.3. The molecule has 0 radical (unpaired) electrons. The standard InChI is InChI=1S/C6H13N3O2Si/c1-12(2,3)4-5(6(10)11)8-9-7/h5H,4H2,1-3H3,(H,10,11)/t5-/m0/s1. The maximum atomic E-state index is 10.5. The van der Waals surface area contributed by atoms with Crippen LogP contribution in [0.3, 0.4) is 0 Å². The normalized spacial score (nSPS) is 13.2. The molecular weight excluding hydrogens is 174 g/mol. The molecule has 0 aromatic heterocycles. The molecule has 0 rings (SSSR count). The first-order valence-corrected chi connectivity index (χ1v) is 7.34. The topological polar surface area (TPSA) is 86.1 Å². The van der Waals surface area contributed by atoms with Gasteiger partial charge in [-0.05, 0) is 11.6 Å². The molecule has 1 N–H and O–H groups in total.